The summed E-state index contributed by atoms with van der Waals surface area (Å²) >= 11 is 0. The molecule has 3 aromatic rings. The molecule has 0 radical (unpaired) electrons. The number of aryl methyl sites for hydroxylation is 1. The Bertz CT molecular complexity index is 811. The van der Waals surface area contributed by atoms with E-state index < -0.39 is 5.97 Å². The number of hydrogen-bond acceptors (Lipinski definition) is 5. The van der Waals surface area contributed by atoms with Gasteiger partial charge in [-0.3, -0.25) is 0 Å². The quantitative estimate of drug-likeness (QED) is 0.765. The molecule has 0 aliphatic heterocycles. The second-order valence-corrected chi connectivity index (χ2v) is 4.60. The molecule has 0 fully saturated rings. The zero-order chi connectivity index (χ0) is 14.8. The second kappa shape index (κ2) is 5.24. The van der Waals surface area contributed by atoms with E-state index >= 15 is 0 Å². The Balaban J connectivity index is 1.97. The summed E-state index contributed by atoms with van der Waals surface area (Å²) < 4.78 is 5.38. The van der Waals surface area contributed by atoms with Crippen molar-refractivity contribution in [3.8, 4) is 0 Å². The minimum absolute atomic E-state index is 0.000199. The molecule has 0 aliphatic carbocycles. The molecule has 0 amide bonds. The molecular formula is C15H13N3O3. The standard InChI is InChI=1S/C15H13N3O3/c1-9-7-16-13(21-9)8-17-14-11-5-3-2-4-10(11)6-12(18-14)15(19)20/h2-7H,8H2,1H3,(H,17,18)(H,19,20). The fourth-order valence-electron chi connectivity index (χ4n) is 2.09. The maximum atomic E-state index is 11.2. The van der Waals surface area contributed by atoms with Gasteiger partial charge in [0.05, 0.1) is 12.7 Å². The van der Waals surface area contributed by atoms with Gasteiger partial charge >= 0.3 is 5.97 Å². The predicted molar refractivity (Wildman–Crippen MR) is 77.3 cm³/mol. The molecule has 1 aromatic carbocycles. The van der Waals surface area contributed by atoms with Gasteiger partial charge in [0.1, 0.15) is 11.6 Å². The number of nitrogens with one attached hydrogen (secondary N) is 1. The number of aromatic nitrogens is 2. The summed E-state index contributed by atoms with van der Waals surface area (Å²) in [4.78, 5) is 19.4. The molecule has 3 rings (SSSR count). The third kappa shape index (κ3) is 2.69. The van der Waals surface area contributed by atoms with E-state index in [1.54, 1.807) is 12.3 Å². The van der Waals surface area contributed by atoms with Crippen LogP contribution in [0.4, 0.5) is 5.82 Å². The van der Waals surface area contributed by atoms with E-state index in [-0.39, 0.29) is 5.69 Å². The minimum atomic E-state index is -1.06. The monoisotopic (exact) mass is 283 g/mol. The molecule has 0 unspecified atom stereocenters. The lowest BCUT2D eigenvalue weighted by Gasteiger charge is -2.08. The first kappa shape index (κ1) is 13.1. The predicted octanol–water partition coefficient (Wildman–Crippen LogP) is 2.84. The molecule has 0 saturated heterocycles. The number of benzene rings is 1. The zero-order valence-corrected chi connectivity index (χ0v) is 11.3. The lowest BCUT2D eigenvalue weighted by atomic mass is 10.1. The van der Waals surface area contributed by atoms with E-state index in [9.17, 15) is 4.79 Å². The average Bonchev–Trinajstić information content (AvgIpc) is 2.90. The van der Waals surface area contributed by atoms with E-state index in [2.05, 4.69) is 15.3 Å². The summed E-state index contributed by atoms with van der Waals surface area (Å²) in [6.07, 6.45) is 1.64. The lowest BCUT2D eigenvalue weighted by Crippen LogP contribution is -2.07. The van der Waals surface area contributed by atoms with Crippen LogP contribution >= 0.6 is 0 Å². The van der Waals surface area contributed by atoms with Crippen LogP contribution in [0.5, 0.6) is 0 Å². The van der Waals surface area contributed by atoms with Crippen molar-refractivity contribution >= 4 is 22.6 Å². The normalized spacial score (nSPS) is 10.7. The van der Waals surface area contributed by atoms with Crippen molar-refractivity contribution in [3.05, 3.63) is 53.9 Å². The molecule has 2 aromatic heterocycles. The van der Waals surface area contributed by atoms with Crippen molar-refractivity contribution in [1.29, 1.82) is 0 Å². The SMILES string of the molecule is Cc1cnc(CNc2nc(C(=O)O)cc3ccccc23)o1. The number of hydrogen-bond donors (Lipinski definition) is 2. The van der Waals surface area contributed by atoms with Crippen LogP contribution in [0.1, 0.15) is 22.1 Å². The highest BCUT2D eigenvalue weighted by Crippen LogP contribution is 2.23. The zero-order valence-electron chi connectivity index (χ0n) is 11.3. The van der Waals surface area contributed by atoms with E-state index in [0.29, 0.717) is 18.3 Å². The minimum Gasteiger partial charge on any atom is -0.477 e. The molecule has 106 valence electrons. The Morgan fingerprint density at radius 1 is 1.38 bits per heavy atom. The smallest absolute Gasteiger partial charge is 0.354 e. The lowest BCUT2D eigenvalue weighted by molar-refractivity contribution is 0.0691. The molecule has 21 heavy (non-hydrogen) atoms. The van der Waals surface area contributed by atoms with Crippen molar-refractivity contribution in [2.75, 3.05) is 5.32 Å². The van der Waals surface area contributed by atoms with Crippen LogP contribution in [0, 0.1) is 6.92 Å². The number of pyridine rings is 1. The number of carboxylic acids is 1. The summed E-state index contributed by atoms with van der Waals surface area (Å²) in [5.41, 5.74) is -0.000199. The number of aromatic carboxylic acids is 1. The molecule has 0 bridgehead atoms. The van der Waals surface area contributed by atoms with Gasteiger partial charge in [-0.1, -0.05) is 24.3 Å². The van der Waals surface area contributed by atoms with Crippen LogP contribution in [0.2, 0.25) is 0 Å². The fourth-order valence-corrected chi connectivity index (χ4v) is 2.09. The number of fused-ring (bicyclic) bond motifs is 1. The first-order valence-electron chi connectivity index (χ1n) is 6.42. The van der Waals surface area contributed by atoms with Gasteiger partial charge < -0.3 is 14.8 Å². The number of carbonyl (C=O) groups is 1. The summed E-state index contributed by atoms with van der Waals surface area (Å²) in [5, 5.41) is 13.9. The molecule has 6 nitrogen and oxygen atoms in total. The topological polar surface area (TPSA) is 88.2 Å². The number of oxazole rings is 1. The highest BCUT2D eigenvalue weighted by Gasteiger charge is 2.11. The Labute approximate surface area is 120 Å². The highest BCUT2D eigenvalue weighted by atomic mass is 16.4. The van der Waals surface area contributed by atoms with Gasteiger partial charge in [-0.05, 0) is 18.4 Å². The van der Waals surface area contributed by atoms with Crippen LogP contribution in [0.3, 0.4) is 0 Å². The molecule has 0 saturated carbocycles. The van der Waals surface area contributed by atoms with E-state index in [0.717, 1.165) is 16.5 Å². The second-order valence-electron chi connectivity index (χ2n) is 4.60. The number of rotatable bonds is 4. The van der Waals surface area contributed by atoms with E-state index in [4.69, 9.17) is 9.52 Å². The number of anilines is 1. The Morgan fingerprint density at radius 2 is 2.19 bits per heavy atom. The summed E-state index contributed by atoms with van der Waals surface area (Å²) in [7, 11) is 0. The Kier molecular flexibility index (Phi) is 3.27. The van der Waals surface area contributed by atoms with Gasteiger partial charge in [0.15, 0.2) is 5.69 Å². The average molecular weight is 283 g/mol. The van der Waals surface area contributed by atoms with E-state index in [1.807, 2.05) is 31.2 Å². The van der Waals surface area contributed by atoms with Crippen molar-refractivity contribution in [2.24, 2.45) is 0 Å². The third-order valence-electron chi connectivity index (χ3n) is 3.04. The molecular weight excluding hydrogens is 270 g/mol. The first-order chi connectivity index (χ1) is 10.1. The third-order valence-corrected chi connectivity index (χ3v) is 3.04. The van der Waals surface area contributed by atoms with Crippen molar-refractivity contribution in [3.63, 3.8) is 0 Å². The van der Waals surface area contributed by atoms with Crippen LogP contribution in [0.25, 0.3) is 10.8 Å². The van der Waals surface area contributed by atoms with Gasteiger partial charge in [0, 0.05) is 5.39 Å². The maximum absolute atomic E-state index is 11.2. The highest BCUT2D eigenvalue weighted by molar-refractivity contribution is 5.97. The van der Waals surface area contributed by atoms with Crippen molar-refractivity contribution < 1.29 is 14.3 Å². The van der Waals surface area contributed by atoms with Gasteiger partial charge in [-0.15, -0.1) is 0 Å². The number of nitrogens with zero attached hydrogens (tertiary/aromatic N) is 2. The molecule has 2 N–H and O–H groups in total. The summed E-state index contributed by atoms with van der Waals surface area (Å²) in [6, 6.07) is 9.03. The molecule has 2 heterocycles. The van der Waals surface area contributed by atoms with Gasteiger partial charge in [0.2, 0.25) is 5.89 Å². The molecule has 6 heteroatoms. The van der Waals surface area contributed by atoms with Gasteiger partial charge in [-0.25, -0.2) is 14.8 Å². The van der Waals surface area contributed by atoms with Crippen LogP contribution < -0.4 is 5.32 Å². The van der Waals surface area contributed by atoms with Crippen molar-refractivity contribution in [2.45, 2.75) is 13.5 Å². The molecule has 0 aliphatic rings. The Hall–Kier alpha value is -2.89. The number of carboxylic acid groups (broad SMARTS) is 1. The van der Waals surface area contributed by atoms with E-state index in [1.165, 1.54) is 0 Å². The van der Waals surface area contributed by atoms with Crippen LogP contribution in [-0.4, -0.2) is 21.0 Å². The molecule has 0 atom stereocenters. The van der Waals surface area contributed by atoms with Crippen molar-refractivity contribution in [1.82, 2.24) is 9.97 Å². The van der Waals surface area contributed by atoms with Gasteiger partial charge in [0.25, 0.3) is 0 Å². The summed E-state index contributed by atoms with van der Waals surface area (Å²) in [6.45, 7) is 2.16. The van der Waals surface area contributed by atoms with Crippen LogP contribution in [0.15, 0.2) is 40.9 Å². The van der Waals surface area contributed by atoms with Crippen LogP contribution in [-0.2, 0) is 6.54 Å². The first-order valence-corrected chi connectivity index (χ1v) is 6.42. The fraction of sp³-hybridized carbons (Fsp3) is 0.133. The van der Waals surface area contributed by atoms with Gasteiger partial charge in [-0.2, -0.15) is 0 Å². The summed E-state index contributed by atoms with van der Waals surface area (Å²) in [5.74, 6) is 0.695. The maximum Gasteiger partial charge on any atom is 0.354 e. The Morgan fingerprint density at radius 3 is 2.90 bits per heavy atom. The molecule has 0 spiro atoms. The largest absolute Gasteiger partial charge is 0.477 e.